The normalized spacial score (nSPS) is 11.1. The van der Waals surface area contributed by atoms with Gasteiger partial charge in [0.25, 0.3) is 0 Å². The molecule has 0 fully saturated rings. The highest BCUT2D eigenvalue weighted by Crippen LogP contribution is 1.79. The average Bonchev–Trinajstić information content (AvgIpc) is 1.65. The molecule has 0 aromatic heterocycles. The first kappa shape index (κ1) is 7.14. The summed E-state index contributed by atoms with van der Waals surface area (Å²) in [5.74, 6) is 0. The van der Waals surface area contributed by atoms with Crippen LogP contribution in [-0.2, 0) is 0 Å². The van der Waals surface area contributed by atoms with Crippen molar-refractivity contribution in [2.24, 2.45) is 0 Å². The van der Waals surface area contributed by atoms with Gasteiger partial charge in [-0.05, 0) is 14.1 Å². The molecule has 3 heteroatoms. The van der Waals surface area contributed by atoms with E-state index in [0.717, 1.165) is 0 Å². The van der Waals surface area contributed by atoms with Gasteiger partial charge in [-0.15, -0.1) is 0 Å². The fraction of sp³-hybridized carbons (Fsp3) is 1.00. The van der Waals surface area contributed by atoms with Gasteiger partial charge in [0, 0.05) is 0 Å². The Bertz CT molecular complexity index is 47.0. The molecule has 1 radical (unpaired) electrons. The van der Waals surface area contributed by atoms with E-state index in [2.05, 4.69) is 30.2 Å². The predicted molar refractivity (Wildman–Crippen MR) is 34.3 cm³/mol. The molecule has 0 spiro atoms. The minimum atomic E-state index is -0.241. The number of nitrogens with zero attached hydrogens (tertiary/aromatic N) is 1. The third-order valence-corrected chi connectivity index (χ3v) is 2.57. The van der Waals surface area contributed by atoms with E-state index in [4.69, 9.17) is 0 Å². The maximum atomic E-state index is 3.04. The first-order valence-corrected chi connectivity index (χ1v) is 4.84. The van der Waals surface area contributed by atoms with Crippen molar-refractivity contribution >= 4 is 8.96 Å². The maximum absolute atomic E-state index is 3.04. The van der Waals surface area contributed by atoms with Crippen LogP contribution in [0.1, 0.15) is 0 Å². The summed E-state index contributed by atoms with van der Waals surface area (Å²) in [6, 6.07) is 0. The van der Waals surface area contributed by atoms with E-state index in [-0.39, 0.29) is 8.96 Å². The van der Waals surface area contributed by atoms with Gasteiger partial charge in [-0.3, -0.25) is 10.1 Å². The lowest BCUT2D eigenvalue weighted by Crippen LogP contribution is -2.39. The van der Waals surface area contributed by atoms with Crippen molar-refractivity contribution in [3.05, 3.63) is 0 Å². The van der Waals surface area contributed by atoms with E-state index in [1.54, 1.807) is 0 Å². The van der Waals surface area contributed by atoms with Crippen LogP contribution in [0.4, 0.5) is 0 Å². The number of nitrogens with one attached hydrogen (secondary N) is 1. The maximum Gasteiger partial charge on any atom is 0.148 e. The number of rotatable bonds is 2. The molecule has 0 aromatic carbocycles. The van der Waals surface area contributed by atoms with E-state index in [1.165, 1.54) is 0 Å². The molecular weight excluding hydrogens is 104 g/mol. The highest BCUT2D eigenvalue weighted by molar-refractivity contribution is 6.52. The lowest BCUT2D eigenvalue weighted by molar-refractivity contribution is 0.426. The Kier molecular flexibility index (Phi) is 3.24. The zero-order chi connectivity index (χ0) is 5.86. The van der Waals surface area contributed by atoms with Gasteiger partial charge in [0.1, 0.15) is 8.96 Å². The van der Waals surface area contributed by atoms with Gasteiger partial charge in [-0.2, -0.15) is 0 Å². The van der Waals surface area contributed by atoms with Crippen molar-refractivity contribution in [3.63, 3.8) is 0 Å². The topological polar surface area (TPSA) is 15.3 Å². The van der Waals surface area contributed by atoms with Crippen molar-refractivity contribution in [2.45, 2.75) is 13.1 Å². The van der Waals surface area contributed by atoms with Gasteiger partial charge >= 0.3 is 0 Å². The molecule has 0 aromatic rings. The van der Waals surface area contributed by atoms with E-state index >= 15 is 0 Å². The summed E-state index contributed by atoms with van der Waals surface area (Å²) in [7, 11) is 3.76. The van der Waals surface area contributed by atoms with Gasteiger partial charge < -0.3 is 0 Å². The molecule has 7 heavy (non-hydrogen) atoms. The summed E-state index contributed by atoms with van der Waals surface area (Å²) in [6.07, 6.45) is 0. The van der Waals surface area contributed by atoms with E-state index in [0.29, 0.717) is 0 Å². The van der Waals surface area contributed by atoms with Crippen molar-refractivity contribution in [3.8, 4) is 0 Å². The Morgan fingerprint density at radius 3 is 1.86 bits per heavy atom. The highest BCUT2D eigenvalue weighted by atomic mass is 28.3. The predicted octanol–water partition coefficient (Wildman–Crippen LogP) is 0.304. The molecule has 43 valence electrons. The first-order valence-electron chi connectivity index (χ1n) is 2.39. The van der Waals surface area contributed by atoms with Gasteiger partial charge in [0.05, 0.1) is 0 Å². The summed E-state index contributed by atoms with van der Waals surface area (Å²) >= 11 is 0. The van der Waals surface area contributed by atoms with Gasteiger partial charge in [-0.25, -0.2) is 0 Å². The monoisotopic (exact) mass is 117 g/mol. The SMILES string of the molecule is CNN(C)[Si](C)C. The lowest BCUT2D eigenvalue weighted by atomic mass is 11.4. The molecule has 0 amide bonds. The molecule has 0 saturated carbocycles. The molecular formula is C4H13N2Si. The second-order valence-electron chi connectivity index (χ2n) is 1.73. The van der Waals surface area contributed by atoms with Crippen molar-refractivity contribution in [1.82, 2.24) is 10.1 Å². The minimum Gasteiger partial charge on any atom is -0.271 e. The summed E-state index contributed by atoms with van der Waals surface area (Å²) in [4.78, 5) is 0. The van der Waals surface area contributed by atoms with Crippen LogP contribution in [0.3, 0.4) is 0 Å². The molecule has 0 bridgehead atoms. The molecule has 0 rings (SSSR count). The third kappa shape index (κ3) is 2.79. The lowest BCUT2D eigenvalue weighted by Gasteiger charge is -2.16. The quantitative estimate of drug-likeness (QED) is 0.413. The van der Waals surface area contributed by atoms with Gasteiger partial charge in [0.2, 0.25) is 0 Å². The smallest absolute Gasteiger partial charge is 0.148 e. The fourth-order valence-corrected chi connectivity index (χ4v) is 0.671. The van der Waals surface area contributed by atoms with Crippen LogP contribution in [0.15, 0.2) is 0 Å². The third-order valence-electron chi connectivity index (χ3n) is 1.01. The van der Waals surface area contributed by atoms with Crippen LogP contribution in [-0.4, -0.2) is 27.7 Å². The van der Waals surface area contributed by atoms with E-state index in [9.17, 15) is 0 Å². The molecule has 0 saturated heterocycles. The Labute approximate surface area is 47.2 Å². The Hall–Kier alpha value is 0.137. The number of hydrogen-bond donors (Lipinski definition) is 1. The van der Waals surface area contributed by atoms with Crippen LogP contribution in [0.25, 0.3) is 0 Å². The first-order chi connectivity index (χ1) is 3.18. The zero-order valence-corrected chi connectivity index (χ0v) is 6.45. The summed E-state index contributed by atoms with van der Waals surface area (Å²) in [6.45, 7) is 4.47. The molecule has 0 atom stereocenters. The van der Waals surface area contributed by atoms with Gasteiger partial charge in [-0.1, -0.05) is 13.1 Å². The molecule has 0 aliphatic carbocycles. The standard InChI is InChI=1S/C4H13N2Si/c1-5-6(2)7(3)4/h5H,1-4H3. The van der Waals surface area contributed by atoms with Gasteiger partial charge in [0.15, 0.2) is 0 Å². The Morgan fingerprint density at radius 1 is 1.43 bits per heavy atom. The fourth-order valence-electron chi connectivity index (χ4n) is 0.224. The Morgan fingerprint density at radius 2 is 1.86 bits per heavy atom. The molecule has 0 aliphatic heterocycles. The Balaban J connectivity index is 3.14. The van der Waals surface area contributed by atoms with E-state index < -0.39 is 0 Å². The van der Waals surface area contributed by atoms with Crippen molar-refractivity contribution in [2.75, 3.05) is 14.1 Å². The summed E-state index contributed by atoms with van der Waals surface area (Å²) in [5.41, 5.74) is 3.04. The molecule has 2 nitrogen and oxygen atoms in total. The second kappa shape index (κ2) is 3.18. The highest BCUT2D eigenvalue weighted by Gasteiger charge is 1.98. The number of hydrazine groups is 1. The molecule has 0 unspecified atom stereocenters. The van der Waals surface area contributed by atoms with Crippen molar-refractivity contribution in [1.29, 1.82) is 0 Å². The average molecular weight is 117 g/mol. The zero-order valence-electron chi connectivity index (χ0n) is 5.45. The van der Waals surface area contributed by atoms with Crippen LogP contribution < -0.4 is 5.43 Å². The molecule has 1 N–H and O–H groups in total. The second-order valence-corrected chi connectivity index (χ2v) is 4.30. The van der Waals surface area contributed by atoms with Crippen LogP contribution in [0.2, 0.25) is 13.1 Å². The van der Waals surface area contributed by atoms with Crippen LogP contribution >= 0.6 is 0 Å². The molecule has 0 aliphatic rings. The van der Waals surface area contributed by atoms with Crippen LogP contribution in [0.5, 0.6) is 0 Å². The minimum absolute atomic E-state index is 0.241. The largest absolute Gasteiger partial charge is 0.271 e. The van der Waals surface area contributed by atoms with E-state index in [1.807, 2.05) is 7.05 Å². The number of hydrogen-bond acceptors (Lipinski definition) is 2. The summed E-state index contributed by atoms with van der Waals surface area (Å²) in [5, 5.41) is 0. The van der Waals surface area contributed by atoms with Crippen LogP contribution in [0, 0.1) is 0 Å². The van der Waals surface area contributed by atoms with Crippen molar-refractivity contribution < 1.29 is 0 Å². The summed E-state index contributed by atoms with van der Waals surface area (Å²) < 4.78 is 2.14. The molecule has 0 heterocycles.